The standard InChI is InChI=1S/C13H18N2O2/c1-9-5-6-15(8-10(9)2)12-4-3-11(7-14-12)13(16)17/h3-4,7,9-10H,5-6,8H2,1-2H3,(H,16,17). The van der Waals surface area contributed by atoms with Crippen molar-refractivity contribution >= 4 is 11.8 Å². The van der Waals surface area contributed by atoms with Crippen LogP contribution in [0.2, 0.25) is 0 Å². The highest BCUT2D eigenvalue weighted by Crippen LogP contribution is 2.25. The summed E-state index contributed by atoms with van der Waals surface area (Å²) >= 11 is 0. The topological polar surface area (TPSA) is 53.4 Å². The first-order valence-electron chi connectivity index (χ1n) is 6.02. The van der Waals surface area contributed by atoms with Gasteiger partial charge in [-0.3, -0.25) is 0 Å². The summed E-state index contributed by atoms with van der Waals surface area (Å²) in [7, 11) is 0. The lowest BCUT2D eigenvalue weighted by Crippen LogP contribution is -2.38. The first-order chi connectivity index (χ1) is 8.08. The van der Waals surface area contributed by atoms with Crippen molar-refractivity contribution in [2.75, 3.05) is 18.0 Å². The molecule has 1 aromatic rings. The van der Waals surface area contributed by atoms with E-state index < -0.39 is 5.97 Å². The molecule has 1 aliphatic heterocycles. The van der Waals surface area contributed by atoms with Crippen LogP contribution in [0.5, 0.6) is 0 Å². The number of aromatic nitrogens is 1. The SMILES string of the molecule is CC1CCN(c2ccc(C(=O)O)cn2)CC1C. The Kier molecular flexibility index (Phi) is 3.31. The number of carboxylic acid groups (broad SMARTS) is 1. The van der Waals surface area contributed by atoms with E-state index in [1.165, 1.54) is 12.6 Å². The monoisotopic (exact) mass is 234 g/mol. The summed E-state index contributed by atoms with van der Waals surface area (Å²) in [6.45, 7) is 6.54. The van der Waals surface area contributed by atoms with E-state index in [2.05, 4.69) is 23.7 Å². The van der Waals surface area contributed by atoms with Crippen molar-refractivity contribution < 1.29 is 9.90 Å². The summed E-state index contributed by atoms with van der Waals surface area (Å²) in [5.41, 5.74) is 0.243. The largest absolute Gasteiger partial charge is 0.478 e. The molecule has 1 N–H and O–H groups in total. The smallest absolute Gasteiger partial charge is 0.337 e. The zero-order valence-corrected chi connectivity index (χ0v) is 10.3. The fourth-order valence-electron chi connectivity index (χ4n) is 2.17. The molecule has 1 aromatic heterocycles. The number of nitrogens with zero attached hydrogens (tertiary/aromatic N) is 2. The molecular weight excluding hydrogens is 216 g/mol. The normalized spacial score (nSPS) is 24.7. The van der Waals surface area contributed by atoms with Crippen molar-refractivity contribution in [1.29, 1.82) is 0 Å². The predicted molar refractivity (Wildman–Crippen MR) is 66.4 cm³/mol. The number of rotatable bonds is 2. The third kappa shape index (κ3) is 2.57. The summed E-state index contributed by atoms with van der Waals surface area (Å²) in [5.74, 6) is 1.37. The van der Waals surface area contributed by atoms with Crippen LogP contribution in [0.4, 0.5) is 5.82 Å². The van der Waals surface area contributed by atoms with Crippen LogP contribution in [-0.4, -0.2) is 29.1 Å². The second-order valence-corrected chi connectivity index (χ2v) is 4.90. The van der Waals surface area contributed by atoms with Gasteiger partial charge in [0, 0.05) is 19.3 Å². The van der Waals surface area contributed by atoms with Gasteiger partial charge in [-0.15, -0.1) is 0 Å². The Bertz CT molecular complexity index is 402. The van der Waals surface area contributed by atoms with E-state index in [-0.39, 0.29) is 5.56 Å². The van der Waals surface area contributed by atoms with Gasteiger partial charge in [-0.2, -0.15) is 0 Å². The van der Waals surface area contributed by atoms with E-state index in [4.69, 9.17) is 5.11 Å². The quantitative estimate of drug-likeness (QED) is 0.852. The van der Waals surface area contributed by atoms with Gasteiger partial charge >= 0.3 is 5.97 Å². The zero-order chi connectivity index (χ0) is 12.4. The fraction of sp³-hybridized carbons (Fsp3) is 0.538. The van der Waals surface area contributed by atoms with Crippen LogP contribution in [0.1, 0.15) is 30.6 Å². The van der Waals surface area contributed by atoms with E-state index in [1.54, 1.807) is 12.1 Å². The van der Waals surface area contributed by atoms with E-state index in [0.29, 0.717) is 5.92 Å². The summed E-state index contributed by atoms with van der Waals surface area (Å²) in [4.78, 5) is 17.2. The Labute approximate surface area is 101 Å². The summed E-state index contributed by atoms with van der Waals surface area (Å²) in [5, 5.41) is 8.81. The lowest BCUT2D eigenvalue weighted by molar-refractivity contribution is 0.0696. The third-order valence-corrected chi connectivity index (χ3v) is 3.65. The second kappa shape index (κ2) is 4.73. The number of carbonyl (C=O) groups is 1. The highest BCUT2D eigenvalue weighted by molar-refractivity contribution is 5.87. The molecule has 0 saturated carbocycles. The van der Waals surface area contributed by atoms with Gasteiger partial charge in [-0.25, -0.2) is 9.78 Å². The zero-order valence-electron chi connectivity index (χ0n) is 10.3. The molecule has 92 valence electrons. The number of pyridine rings is 1. The van der Waals surface area contributed by atoms with Gasteiger partial charge < -0.3 is 10.0 Å². The molecule has 2 heterocycles. The Morgan fingerprint density at radius 3 is 2.71 bits per heavy atom. The summed E-state index contributed by atoms with van der Waals surface area (Å²) in [6, 6.07) is 3.42. The fourth-order valence-corrected chi connectivity index (χ4v) is 2.17. The van der Waals surface area contributed by atoms with Crippen LogP contribution in [0.15, 0.2) is 18.3 Å². The maximum atomic E-state index is 10.7. The number of anilines is 1. The van der Waals surface area contributed by atoms with Gasteiger partial charge in [0.15, 0.2) is 0 Å². The number of hydrogen-bond donors (Lipinski definition) is 1. The number of piperidine rings is 1. The van der Waals surface area contributed by atoms with Gasteiger partial charge in [-0.05, 0) is 30.4 Å². The minimum atomic E-state index is -0.926. The molecule has 17 heavy (non-hydrogen) atoms. The second-order valence-electron chi connectivity index (χ2n) is 4.90. The number of aromatic carboxylic acids is 1. The molecule has 2 rings (SSSR count). The minimum absolute atomic E-state index is 0.243. The van der Waals surface area contributed by atoms with Crippen LogP contribution in [-0.2, 0) is 0 Å². The highest BCUT2D eigenvalue weighted by Gasteiger charge is 2.23. The highest BCUT2D eigenvalue weighted by atomic mass is 16.4. The Morgan fingerprint density at radius 2 is 2.18 bits per heavy atom. The maximum absolute atomic E-state index is 10.7. The van der Waals surface area contributed by atoms with Gasteiger partial charge in [0.2, 0.25) is 0 Å². The third-order valence-electron chi connectivity index (χ3n) is 3.65. The molecule has 4 nitrogen and oxygen atoms in total. The lowest BCUT2D eigenvalue weighted by atomic mass is 9.89. The first-order valence-corrected chi connectivity index (χ1v) is 6.02. The van der Waals surface area contributed by atoms with Crippen LogP contribution < -0.4 is 4.90 Å². The van der Waals surface area contributed by atoms with E-state index in [0.717, 1.165) is 24.8 Å². The average molecular weight is 234 g/mol. The van der Waals surface area contributed by atoms with Crippen LogP contribution >= 0.6 is 0 Å². The van der Waals surface area contributed by atoms with E-state index >= 15 is 0 Å². The van der Waals surface area contributed by atoms with Crippen LogP contribution in [0.3, 0.4) is 0 Å². The van der Waals surface area contributed by atoms with Crippen molar-refractivity contribution in [3.63, 3.8) is 0 Å². The predicted octanol–water partition coefficient (Wildman–Crippen LogP) is 2.26. The van der Waals surface area contributed by atoms with Gasteiger partial charge in [0.25, 0.3) is 0 Å². The molecule has 1 fully saturated rings. The molecule has 2 atom stereocenters. The minimum Gasteiger partial charge on any atom is -0.478 e. The Balaban J connectivity index is 2.10. The van der Waals surface area contributed by atoms with Gasteiger partial charge in [0.05, 0.1) is 5.56 Å². The molecule has 1 aliphatic rings. The van der Waals surface area contributed by atoms with Gasteiger partial charge in [-0.1, -0.05) is 13.8 Å². The molecule has 1 saturated heterocycles. The average Bonchev–Trinajstić information content (AvgIpc) is 2.33. The van der Waals surface area contributed by atoms with Crippen LogP contribution in [0.25, 0.3) is 0 Å². The van der Waals surface area contributed by atoms with Crippen molar-refractivity contribution in [1.82, 2.24) is 4.98 Å². The molecule has 4 heteroatoms. The number of carboxylic acids is 1. The number of hydrogen-bond acceptors (Lipinski definition) is 3. The molecule has 0 bridgehead atoms. The van der Waals surface area contributed by atoms with Crippen molar-refractivity contribution in [2.24, 2.45) is 11.8 Å². The van der Waals surface area contributed by atoms with Crippen molar-refractivity contribution in [2.45, 2.75) is 20.3 Å². The summed E-state index contributed by atoms with van der Waals surface area (Å²) < 4.78 is 0. The maximum Gasteiger partial charge on any atom is 0.337 e. The molecule has 0 aliphatic carbocycles. The molecule has 0 spiro atoms. The molecule has 0 radical (unpaired) electrons. The van der Waals surface area contributed by atoms with E-state index in [9.17, 15) is 4.79 Å². The first kappa shape index (κ1) is 11.9. The Morgan fingerprint density at radius 1 is 1.41 bits per heavy atom. The van der Waals surface area contributed by atoms with Crippen molar-refractivity contribution in [3.05, 3.63) is 23.9 Å². The molecule has 0 amide bonds. The lowest BCUT2D eigenvalue weighted by Gasteiger charge is -2.36. The molecular formula is C13H18N2O2. The van der Waals surface area contributed by atoms with Crippen molar-refractivity contribution in [3.8, 4) is 0 Å². The summed E-state index contributed by atoms with van der Waals surface area (Å²) in [6.07, 6.45) is 2.60. The van der Waals surface area contributed by atoms with E-state index in [1.807, 2.05) is 0 Å². The molecule has 0 aromatic carbocycles. The van der Waals surface area contributed by atoms with Crippen LogP contribution in [0, 0.1) is 11.8 Å². The van der Waals surface area contributed by atoms with Gasteiger partial charge in [0.1, 0.15) is 5.82 Å². The molecule has 2 unspecified atom stereocenters. The Hall–Kier alpha value is -1.58.